The fourth-order valence-corrected chi connectivity index (χ4v) is 2.13. The lowest BCUT2D eigenvalue weighted by Crippen LogP contribution is -2.53. The number of amides is 2. The Labute approximate surface area is 114 Å². The van der Waals surface area contributed by atoms with Gasteiger partial charge in [0, 0.05) is 6.04 Å². The quantitative estimate of drug-likeness (QED) is 0.548. The van der Waals surface area contributed by atoms with Crippen molar-refractivity contribution in [1.29, 1.82) is 0 Å². The van der Waals surface area contributed by atoms with Crippen molar-refractivity contribution in [2.24, 2.45) is 0 Å². The van der Waals surface area contributed by atoms with Crippen molar-refractivity contribution in [3.05, 3.63) is 26.5 Å². The summed E-state index contributed by atoms with van der Waals surface area (Å²) in [5.74, 6) is 0. The Bertz CT molecular complexity index is 587. The zero-order valence-electron chi connectivity index (χ0n) is 11.2. The van der Waals surface area contributed by atoms with Gasteiger partial charge in [-0.2, -0.15) is 9.77 Å². The first-order valence-corrected chi connectivity index (χ1v) is 6.59. The Morgan fingerprint density at radius 1 is 1.30 bits per heavy atom. The molecule has 1 saturated carbocycles. The standard InChI is InChI=1S/C11H18N6O3/c1-7-9(18)17(11(20)15-12-7)16-10(19)14-13-8-5-3-2-4-6-8/h8,13H,2-6H2,1H3,(H,15,20)(H2,14,16,19). The second kappa shape index (κ2) is 6.33. The molecule has 2 rings (SSSR count). The van der Waals surface area contributed by atoms with E-state index < -0.39 is 17.3 Å². The predicted molar refractivity (Wildman–Crippen MR) is 71.8 cm³/mol. The summed E-state index contributed by atoms with van der Waals surface area (Å²) in [4.78, 5) is 34.7. The highest BCUT2D eigenvalue weighted by atomic mass is 16.2. The van der Waals surface area contributed by atoms with Gasteiger partial charge in [0.1, 0.15) is 5.69 Å². The molecular weight excluding hydrogens is 264 g/mol. The Hall–Kier alpha value is -2.16. The van der Waals surface area contributed by atoms with E-state index in [2.05, 4.69) is 26.5 Å². The zero-order valence-corrected chi connectivity index (χ0v) is 11.2. The number of nitrogens with one attached hydrogen (secondary N) is 4. The zero-order chi connectivity index (χ0) is 14.5. The second-order valence-corrected chi connectivity index (χ2v) is 4.80. The van der Waals surface area contributed by atoms with Crippen LogP contribution < -0.4 is 27.5 Å². The largest absolute Gasteiger partial charge is 0.364 e. The monoisotopic (exact) mass is 282 g/mol. The van der Waals surface area contributed by atoms with Crippen LogP contribution >= 0.6 is 0 Å². The Balaban J connectivity index is 1.93. The van der Waals surface area contributed by atoms with Gasteiger partial charge in [0.05, 0.1) is 0 Å². The van der Waals surface area contributed by atoms with E-state index in [4.69, 9.17) is 0 Å². The summed E-state index contributed by atoms with van der Waals surface area (Å²) in [6.45, 7) is 1.44. The van der Waals surface area contributed by atoms with Crippen LogP contribution in [-0.2, 0) is 0 Å². The Morgan fingerprint density at radius 3 is 2.70 bits per heavy atom. The van der Waals surface area contributed by atoms with Gasteiger partial charge in [-0.25, -0.2) is 25.5 Å². The molecule has 1 heterocycles. The molecule has 2 amide bonds. The first kappa shape index (κ1) is 14.3. The lowest BCUT2D eigenvalue weighted by atomic mass is 9.96. The number of H-pyrrole nitrogens is 1. The van der Waals surface area contributed by atoms with E-state index >= 15 is 0 Å². The third kappa shape index (κ3) is 3.44. The van der Waals surface area contributed by atoms with E-state index in [1.54, 1.807) is 0 Å². The number of nitrogens with zero attached hydrogens (tertiary/aromatic N) is 2. The van der Waals surface area contributed by atoms with E-state index in [-0.39, 0.29) is 11.7 Å². The number of rotatable bonds is 3. The molecule has 0 saturated heterocycles. The minimum atomic E-state index is -0.798. The summed E-state index contributed by atoms with van der Waals surface area (Å²) in [7, 11) is 0. The van der Waals surface area contributed by atoms with Gasteiger partial charge in [-0.1, -0.05) is 19.3 Å². The molecule has 20 heavy (non-hydrogen) atoms. The summed E-state index contributed by atoms with van der Waals surface area (Å²) in [6.07, 6.45) is 5.46. The van der Waals surface area contributed by atoms with E-state index in [0.717, 1.165) is 25.7 Å². The van der Waals surface area contributed by atoms with Gasteiger partial charge in [0.2, 0.25) is 0 Å². The SMILES string of the molecule is Cc1n[nH]c(=O)n(NC(=O)NNC2CCCCC2)c1=O. The summed E-state index contributed by atoms with van der Waals surface area (Å²) in [5.41, 5.74) is 6.12. The minimum absolute atomic E-state index is 0.0881. The van der Waals surface area contributed by atoms with Gasteiger partial charge in [0.25, 0.3) is 5.56 Å². The van der Waals surface area contributed by atoms with Crippen LogP contribution in [0, 0.1) is 6.92 Å². The predicted octanol–water partition coefficient (Wildman–Crippen LogP) is -0.670. The molecule has 1 aromatic heterocycles. The van der Waals surface area contributed by atoms with Crippen molar-refractivity contribution < 1.29 is 4.79 Å². The van der Waals surface area contributed by atoms with E-state index in [9.17, 15) is 14.4 Å². The average molecular weight is 282 g/mol. The molecule has 1 aromatic rings. The smallest absolute Gasteiger partial charge is 0.272 e. The Kier molecular flexibility index (Phi) is 4.51. The van der Waals surface area contributed by atoms with Gasteiger partial charge in [-0.05, 0) is 19.8 Å². The molecule has 0 bridgehead atoms. The van der Waals surface area contributed by atoms with Crippen molar-refractivity contribution in [3.63, 3.8) is 0 Å². The first-order valence-electron chi connectivity index (χ1n) is 6.59. The summed E-state index contributed by atoms with van der Waals surface area (Å²) >= 11 is 0. The number of urea groups is 1. The number of hydrogen-bond donors (Lipinski definition) is 4. The maximum atomic E-state index is 11.7. The molecule has 1 aliphatic rings. The lowest BCUT2D eigenvalue weighted by Gasteiger charge is -2.23. The van der Waals surface area contributed by atoms with Crippen LogP contribution in [-0.4, -0.2) is 26.9 Å². The summed E-state index contributed by atoms with van der Waals surface area (Å²) in [6, 6.07) is -0.447. The van der Waals surface area contributed by atoms with Gasteiger partial charge in [0.15, 0.2) is 0 Å². The number of hydrogen-bond acceptors (Lipinski definition) is 5. The summed E-state index contributed by atoms with van der Waals surface area (Å²) < 4.78 is 0.584. The molecule has 0 spiro atoms. The third-order valence-corrected chi connectivity index (χ3v) is 3.24. The third-order valence-electron chi connectivity index (χ3n) is 3.24. The van der Waals surface area contributed by atoms with Gasteiger partial charge in [-0.3, -0.25) is 10.2 Å². The maximum absolute atomic E-state index is 11.7. The van der Waals surface area contributed by atoms with Gasteiger partial charge >= 0.3 is 11.7 Å². The summed E-state index contributed by atoms with van der Waals surface area (Å²) in [5, 5.41) is 5.62. The van der Waals surface area contributed by atoms with Crippen LogP contribution in [0.1, 0.15) is 37.8 Å². The lowest BCUT2D eigenvalue weighted by molar-refractivity contribution is 0.238. The van der Waals surface area contributed by atoms with Crippen LogP contribution in [0.15, 0.2) is 9.59 Å². The molecule has 0 atom stereocenters. The number of aromatic amines is 1. The van der Waals surface area contributed by atoms with Crippen LogP contribution in [0.3, 0.4) is 0 Å². The van der Waals surface area contributed by atoms with Crippen LogP contribution in [0.5, 0.6) is 0 Å². The number of carbonyl (C=O) groups is 1. The van der Waals surface area contributed by atoms with Crippen LogP contribution in [0.4, 0.5) is 4.79 Å². The van der Waals surface area contributed by atoms with Crippen molar-refractivity contribution in [2.45, 2.75) is 45.1 Å². The highest BCUT2D eigenvalue weighted by Gasteiger charge is 2.14. The number of aryl methyl sites for hydroxylation is 1. The number of aromatic nitrogens is 3. The van der Waals surface area contributed by atoms with Crippen LogP contribution in [0.25, 0.3) is 0 Å². The normalized spacial score (nSPS) is 15.8. The molecule has 0 radical (unpaired) electrons. The molecule has 9 heteroatoms. The van der Waals surface area contributed by atoms with E-state index in [1.807, 2.05) is 0 Å². The molecule has 0 aromatic carbocycles. The molecule has 1 aliphatic carbocycles. The molecule has 0 aliphatic heterocycles. The molecular formula is C11H18N6O3. The molecule has 1 fully saturated rings. The first-order chi connectivity index (χ1) is 9.58. The molecule has 110 valence electrons. The van der Waals surface area contributed by atoms with Crippen molar-refractivity contribution in [2.75, 3.05) is 5.43 Å². The minimum Gasteiger partial charge on any atom is -0.272 e. The van der Waals surface area contributed by atoms with E-state index in [1.165, 1.54) is 13.3 Å². The molecule has 0 unspecified atom stereocenters. The maximum Gasteiger partial charge on any atom is 0.364 e. The van der Waals surface area contributed by atoms with Crippen LogP contribution in [0.2, 0.25) is 0 Å². The van der Waals surface area contributed by atoms with Crippen molar-refractivity contribution >= 4 is 6.03 Å². The van der Waals surface area contributed by atoms with Crippen molar-refractivity contribution in [1.82, 2.24) is 25.7 Å². The Morgan fingerprint density at radius 2 is 2.00 bits per heavy atom. The number of hydrazine groups is 1. The fourth-order valence-electron chi connectivity index (χ4n) is 2.13. The average Bonchev–Trinajstić information content (AvgIpc) is 2.46. The second-order valence-electron chi connectivity index (χ2n) is 4.80. The topological polar surface area (TPSA) is 121 Å². The van der Waals surface area contributed by atoms with Gasteiger partial charge in [-0.15, -0.1) is 0 Å². The van der Waals surface area contributed by atoms with E-state index in [0.29, 0.717) is 4.68 Å². The molecule has 9 nitrogen and oxygen atoms in total. The van der Waals surface area contributed by atoms with Crippen molar-refractivity contribution in [3.8, 4) is 0 Å². The highest BCUT2D eigenvalue weighted by Crippen LogP contribution is 2.16. The number of carbonyl (C=O) groups excluding carboxylic acids is 1. The fraction of sp³-hybridized carbons (Fsp3) is 0.636. The highest BCUT2D eigenvalue weighted by molar-refractivity contribution is 5.81. The molecule has 4 N–H and O–H groups in total. The van der Waals surface area contributed by atoms with Gasteiger partial charge < -0.3 is 0 Å².